The van der Waals surface area contributed by atoms with E-state index in [9.17, 15) is 0 Å². The van der Waals surface area contributed by atoms with E-state index in [0.29, 0.717) is 0 Å². The lowest BCUT2D eigenvalue weighted by Crippen LogP contribution is -1.84. The third kappa shape index (κ3) is 105. The van der Waals surface area contributed by atoms with Gasteiger partial charge in [0.2, 0.25) is 0 Å². The van der Waals surface area contributed by atoms with Crippen molar-refractivity contribution >= 4 is 30.9 Å². The monoisotopic (exact) mass is 198 g/mol. The highest BCUT2D eigenvalue weighted by Crippen LogP contribution is 2.25. The van der Waals surface area contributed by atoms with E-state index in [4.69, 9.17) is 24.0 Å². The van der Waals surface area contributed by atoms with Gasteiger partial charge in [-0.15, -0.1) is 0 Å². The first-order chi connectivity index (χ1) is 4.41. The van der Waals surface area contributed by atoms with Crippen LogP contribution in [0.1, 0.15) is 13.8 Å². The molecule has 0 radical (unpaired) electrons. The van der Waals surface area contributed by atoms with Gasteiger partial charge in [0.15, 0.2) is 0 Å². The molecule has 0 aliphatic rings. The second-order valence-corrected chi connectivity index (χ2v) is 2.32. The summed E-state index contributed by atoms with van der Waals surface area (Å²) in [6.45, 7) is 5.67. The van der Waals surface area contributed by atoms with Crippen LogP contribution in [0.4, 0.5) is 0 Å². The molecule has 7 heteroatoms. The summed E-state index contributed by atoms with van der Waals surface area (Å²) in [5.74, 6) is 0. The number of ether oxygens (including phenoxy) is 1. The Morgan fingerprint density at radius 1 is 1.18 bits per heavy atom. The minimum atomic E-state index is -4.64. The molecule has 0 saturated heterocycles. The van der Waals surface area contributed by atoms with Crippen molar-refractivity contribution in [3.63, 3.8) is 0 Å². The van der Waals surface area contributed by atoms with Gasteiger partial charge in [-0.25, -0.2) is 4.57 Å². The lowest BCUT2D eigenvalue weighted by Gasteiger charge is -1.86. The molecule has 0 unspecified atom stereocenters. The van der Waals surface area contributed by atoms with Crippen LogP contribution in [-0.4, -0.2) is 50.9 Å². The molecule has 0 amide bonds. The van der Waals surface area contributed by atoms with Crippen molar-refractivity contribution in [2.45, 2.75) is 13.8 Å². The van der Waals surface area contributed by atoms with E-state index in [-0.39, 0.29) is 23.1 Å². The van der Waals surface area contributed by atoms with E-state index in [2.05, 4.69) is 0 Å². The number of phosphoric acid groups is 1. The van der Waals surface area contributed by atoms with Crippen molar-refractivity contribution in [3.8, 4) is 0 Å². The standard InChI is InChI=1S/C4H10O.Mg.H3O4P.2H/c1-3-5-4-2;;1-5(2,3)4;;/h3-4H2,1-2H3;;(H3,1,2,3,4);;. The van der Waals surface area contributed by atoms with Gasteiger partial charge in [-0.1, -0.05) is 0 Å². The molecule has 0 saturated carbocycles. The first-order valence-electron chi connectivity index (χ1n) is 2.77. The maximum Gasteiger partial charge on any atom is 0.466 e. The molecule has 0 rings (SSSR count). The zero-order valence-corrected chi connectivity index (χ0v) is 6.91. The van der Waals surface area contributed by atoms with Crippen LogP contribution in [-0.2, 0) is 9.30 Å². The quantitative estimate of drug-likeness (QED) is 0.399. The largest absolute Gasteiger partial charge is 0.466 e. The molecule has 0 heterocycles. The SMILES string of the molecule is CCOCC.O=P(O)(O)O.[MgH2]. The van der Waals surface area contributed by atoms with Crippen LogP contribution in [0.2, 0.25) is 0 Å². The molecule has 0 atom stereocenters. The van der Waals surface area contributed by atoms with Crippen molar-refractivity contribution < 1.29 is 24.0 Å². The molecule has 0 aromatic heterocycles. The summed E-state index contributed by atoms with van der Waals surface area (Å²) < 4.78 is 13.7. The molecule has 0 aliphatic heterocycles. The molecule has 0 aromatic rings. The third-order valence-electron chi connectivity index (χ3n) is 0.408. The number of rotatable bonds is 2. The molecule has 0 spiro atoms. The van der Waals surface area contributed by atoms with Gasteiger partial charge in [0, 0.05) is 13.2 Å². The van der Waals surface area contributed by atoms with Gasteiger partial charge in [-0.05, 0) is 13.8 Å². The minimum Gasteiger partial charge on any atom is -0.382 e. The topological polar surface area (TPSA) is 87.0 Å². The first-order valence-corrected chi connectivity index (χ1v) is 4.34. The Kier molecular flexibility index (Phi) is 17.5. The van der Waals surface area contributed by atoms with E-state index in [1.165, 1.54) is 0 Å². The molecular weight excluding hydrogens is 183 g/mol. The van der Waals surface area contributed by atoms with Crippen LogP contribution < -0.4 is 0 Å². The van der Waals surface area contributed by atoms with Crippen molar-refractivity contribution in [3.05, 3.63) is 0 Å². The Hall–Kier alpha value is 0.836. The Labute approximate surface area is 82.2 Å². The number of hydrogen-bond acceptors (Lipinski definition) is 2. The third-order valence-corrected chi connectivity index (χ3v) is 0.408. The van der Waals surface area contributed by atoms with Crippen molar-refractivity contribution in [2.75, 3.05) is 13.2 Å². The van der Waals surface area contributed by atoms with Crippen molar-refractivity contribution in [1.29, 1.82) is 0 Å². The summed E-state index contributed by atoms with van der Waals surface area (Å²) in [6.07, 6.45) is 0. The van der Waals surface area contributed by atoms with Gasteiger partial charge in [0.05, 0.1) is 0 Å². The fourth-order valence-corrected chi connectivity index (χ4v) is 0.204. The average Bonchev–Trinajstić information content (AvgIpc) is 1.63. The maximum absolute atomic E-state index is 8.88. The summed E-state index contributed by atoms with van der Waals surface area (Å²) in [7, 11) is -4.64. The van der Waals surface area contributed by atoms with E-state index in [0.717, 1.165) is 13.2 Å². The smallest absolute Gasteiger partial charge is 0.382 e. The summed E-state index contributed by atoms with van der Waals surface area (Å²) in [5, 5.41) is 0. The van der Waals surface area contributed by atoms with E-state index in [1.807, 2.05) is 13.8 Å². The fourth-order valence-electron chi connectivity index (χ4n) is 0.204. The highest BCUT2D eigenvalue weighted by atomic mass is 31.2. The Morgan fingerprint density at radius 2 is 1.36 bits per heavy atom. The number of hydrogen-bond donors (Lipinski definition) is 3. The maximum atomic E-state index is 8.88. The summed E-state index contributed by atoms with van der Waals surface area (Å²) in [4.78, 5) is 21.6. The highest BCUT2D eigenvalue weighted by Gasteiger charge is 2.00. The molecule has 0 aromatic carbocycles. The molecule has 3 N–H and O–H groups in total. The fraction of sp³-hybridized carbons (Fsp3) is 1.00. The van der Waals surface area contributed by atoms with Crippen LogP contribution in [0.5, 0.6) is 0 Å². The van der Waals surface area contributed by atoms with Gasteiger partial charge in [-0.3, -0.25) is 0 Å². The second kappa shape index (κ2) is 10.8. The summed E-state index contributed by atoms with van der Waals surface area (Å²) in [5.41, 5.74) is 0. The van der Waals surface area contributed by atoms with E-state index < -0.39 is 7.82 Å². The zero-order chi connectivity index (χ0) is 8.62. The van der Waals surface area contributed by atoms with Gasteiger partial charge in [0.25, 0.3) is 0 Å². The van der Waals surface area contributed by atoms with Crippen molar-refractivity contribution in [2.24, 2.45) is 0 Å². The normalized spacial score (nSPS) is 9.18. The Morgan fingerprint density at radius 3 is 1.36 bits per heavy atom. The Bertz CT molecular complexity index is 92.4. The molecule has 0 aliphatic carbocycles. The lowest BCUT2D eigenvalue weighted by molar-refractivity contribution is 0.162. The van der Waals surface area contributed by atoms with Gasteiger partial charge < -0.3 is 19.4 Å². The van der Waals surface area contributed by atoms with Crippen LogP contribution >= 0.6 is 7.82 Å². The predicted molar refractivity (Wildman–Crippen MR) is 45.0 cm³/mol. The van der Waals surface area contributed by atoms with Crippen LogP contribution in [0.15, 0.2) is 0 Å². The lowest BCUT2D eigenvalue weighted by atomic mass is 10.8. The predicted octanol–water partition coefficient (Wildman–Crippen LogP) is -0.802. The summed E-state index contributed by atoms with van der Waals surface area (Å²) in [6, 6.07) is 0. The van der Waals surface area contributed by atoms with Gasteiger partial charge >= 0.3 is 30.9 Å². The molecule has 0 fully saturated rings. The molecule has 11 heavy (non-hydrogen) atoms. The summed E-state index contributed by atoms with van der Waals surface area (Å²) >= 11 is 0. The zero-order valence-electron chi connectivity index (χ0n) is 6.02. The van der Waals surface area contributed by atoms with Gasteiger partial charge in [-0.2, -0.15) is 0 Å². The van der Waals surface area contributed by atoms with Crippen LogP contribution in [0.25, 0.3) is 0 Å². The molecule has 5 nitrogen and oxygen atoms in total. The molecular formula is C4H15MgO5P. The molecule has 68 valence electrons. The van der Waals surface area contributed by atoms with E-state index in [1.54, 1.807) is 0 Å². The molecule has 0 bridgehead atoms. The van der Waals surface area contributed by atoms with Gasteiger partial charge in [0.1, 0.15) is 0 Å². The first kappa shape index (κ1) is 17.8. The Balaban J connectivity index is -0.000000107. The second-order valence-electron chi connectivity index (χ2n) is 1.29. The van der Waals surface area contributed by atoms with Crippen molar-refractivity contribution in [1.82, 2.24) is 0 Å². The van der Waals surface area contributed by atoms with Crippen LogP contribution in [0.3, 0.4) is 0 Å². The van der Waals surface area contributed by atoms with E-state index >= 15 is 0 Å². The average molecular weight is 198 g/mol. The van der Waals surface area contributed by atoms with Crippen LogP contribution in [0, 0.1) is 0 Å². The minimum absolute atomic E-state index is 0. The highest BCUT2D eigenvalue weighted by molar-refractivity contribution is 7.45.